The van der Waals surface area contributed by atoms with Crippen molar-refractivity contribution >= 4 is 29.1 Å². The zero-order valence-electron chi connectivity index (χ0n) is 18.3. The first-order valence-corrected chi connectivity index (χ1v) is 10.2. The molecule has 2 heterocycles. The molecule has 1 fully saturated rings. The van der Waals surface area contributed by atoms with E-state index < -0.39 is 29.5 Å². The lowest BCUT2D eigenvalue weighted by atomic mass is 9.99. The number of methoxy groups -OCH3 is 2. The number of amides is 1. The van der Waals surface area contributed by atoms with Gasteiger partial charge in [-0.25, -0.2) is 0 Å². The number of hydrogen-bond donors (Lipinski definition) is 2. The number of nitrogens with zero attached hydrogens (tertiary/aromatic N) is 1. The van der Waals surface area contributed by atoms with E-state index in [1.807, 2.05) is 0 Å². The van der Waals surface area contributed by atoms with E-state index in [0.717, 1.165) is 0 Å². The van der Waals surface area contributed by atoms with Crippen LogP contribution in [-0.2, 0) is 20.8 Å². The van der Waals surface area contributed by atoms with Gasteiger partial charge in [0.1, 0.15) is 17.6 Å². The fourth-order valence-electron chi connectivity index (χ4n) is 3.90. The summed E-state index contributed by atoms with van der Waals surface area (Å²) in [4.78, 5) is 38.4. The Labute approximate surface area is 194 Å². The Bertz CT molecular complexity index is 1270. The average molecular weight is 463 g/mol. The van der Waals surface area contributed by atoms with Crippen LogP contribution in [0.4, 0.5) is 5.69 Å². The van der Waals surface area contributed by atoms with Crippen molar-refractivity contribution in [1.29, 1.82) is 0 Å². The molecule has 0 bridgehead atoms. The number of aliphatic hydroxyl groups is 1. The van der Waals surface area contributed by atoms with Gasteiger partial charge in [-0.3, -0.25) is 19.3 Å². The van der Waals surface area contributed by atoms with Crippen molar-refractivity contribution in [3.63, 3.8) is 0 Å². The minimum absolute atomic E-state index is 0.151. The summed E-state index contributed by atoms with van der Waals surface area (Å²) in [6, 6.07) is 13.0. The Morgan fingerprint density at radius 3 is 2.29 bits per heavy atom. The molecule has 1 aliphatic rings. The third-order valence-corrected chi connectivity index (χ3v) is 5.48. The van der Waals surface area contributed by atoms with Crippen molar-refractivity contribution in [2.24, 2.45) is 0 Å². The van der Waals surface area contributed by atoms with Crippen molar-refractivity contribution in [3.05, 3.63) is 83.3 Å². The van der Waals surface area contributed by atoms with Crippen LogP contribution in [0.1, 0.15) is 22.9 Å². The third-order valence-electron chi connectivity index (χ3n) is 5.48. The Hall–Kier alpha value is -4.53. The van der Waals surface area contributed by atoms with E-state index in [0.29, 0.717) is 22.7 Å². The normalized spacial score (nSPS) is 17.1. The number of anilines is 1. The van der Waals surface area contributed by atoms with Crippen molar-refractivity contribution in [1.82, 2.24) is 0 Å². The predicted molar refractivity (Wildman–Crippen MR) is 121 cm³/mol. The summed E-state index contributed by atoms with van der Waals surface area (Å²) in [5.74, 6) is -2.08. The number of carbonyl (C=O) groups is 3. The Balaban J connectivity index is 1.84. The fraction of sp³-hybridized carbons (Fsp3) is 0.160. The van der Waals surface area contributed by atoms with Crippen molar-refractivity contribution in [3.8, 4) is 11.5 Å². The van der Waals surface area contributed by atoms with E-state index in [-0.39, 0.29) is 23.3 Å². The summed E-state index contributed by atoms with van der Waals surface area (Å²) in [7, 11) is 2.92. The number of rotatable bonds is 7. The minimum atomic E-state index is -1.03. The second-order valence-electron chi connectivity index (χ2n) is 7.49. The van der Waals surface area contributed by atoms with Crippen LogP contribution < -0.4 is 14.4 Å². The molecule has 4 rings (SSSR count). The number of furan rings is 1. The van der Waals surface area contributed by atoms with Gasteiger partial charge in [0.15, 0.2) is 11.5 Å². The number of Topliss-reactive ketones (excluding diaryl/α,β-unsaturated/α-hetero) is 1. The van der Waals surface area contributed by atoms with Crippen LogP contribution >= 0.6 is 0 Å². The Morgan fingerprint density at radius 1 is 1.00 bits per heavy atom. The molecule has 1 unspecified atom stereocenters. The molecular formula is C25H21NO8. The number of ketones is 1. The number of hydrogen-bond acceptors (Lipinski definition) is 7. The van der Waals surface area contributed by atoms with Gasteiger partial charge in [0.05, 0.1) is 32.5 Å². The maximum Gasteiger partial charge on any atom is 0.307 e. The van der Waals surface area contributed by atoms with E-state index in [2.05, 4.69) is 0 Å². The van der Waals surface area contributed by atoms with E-state index >= 15 is 0 Å². The number of aliphatic hydroxyl groups excluding tert-OH is 1. The van der Waals surface area contributed by atoms with Crippen LogP contribution in [-0.4, -0.2) is 42.1 Å². The highest BCUT2D eigenvalue weighted by molar-refractivity contribution is 6.51. The Morgan fingerprint density at radius 2 is 1.71 bits per heavy atom. The topological polar surface area (TPSA) is 127 Å². The lowest BCUT2D eigenvalue weighted by Crippen LogP contribution is -2.29. The van der Waals surface area contributed by atoms with Crippen LogP contribution in [0.5, 0.6) is 11.5 Å². The van der Waals surface area contributed by atoms with Gasteiger partial charge in [-0.2, -0.15) is 0 Å². The molecule has 174 valence electrons. The average Bonchev–Trinajstić information content (AvgIpc) is 3.45. The molecule has 0 aliphatic carbocycles. The zero-order chi connectivity index (χ0) is 24.4. The molecule has 1 aromatic heterocycles. The van der Waals surface area contributed by atoms with Crippen LogP contribution in [0.3, 0.4) is 0 Å². The molecule has 3 aromatic rings. The molecule has 1 atom stereocenters. The molecular weight excluding hydrogens is 442 g/mol. The van der Waals surface area contributed by atoms with Gasteiger partial charge >= 0.3 is 5.97 Å². The number of carboxylic acid groups (broad SMARTS) is 1. The first-order chi connectivity index (χ1) is 16.3. The summed E-state index contributed by atoms with van der Waals surface area (Å²) in [6.07, 6.45) is 1.22. The quantitative estimate of drug-likeness (QED) is 0.309. The number of benzene rings is 2. The summed E-state index contributed by atoms with van der Waals surface area (Å²) < 4.78 is 16.0. The number of aliphatic carboxylic acids is 1. The molecule has 1 saturated heterocycles. The monoisotopic (exact) mass is 463 g/mol. The second-order valence-corrected chi connectivity index (χ2v) is 7.49. The van der Waals surface area contributed by atoms with Crippen molar-refractivity contribution < 1.29 is 38.5 Å². The van der Waals surface area contributed by atoms with Crippen LogP contribution in [0.15, 0.2) is 70.9 Å². The lowest BCUT2D eigenvalue weighted by molar-refractivity contribution is -0.136. The van der Waals surface area contributed by atoms with Crippen molar-refractivity contribution in [2.45, 2.75) is 12.5 Å². The smallest absolute Gasteiger partial charge is 0.307 e. The van der Waals surface area contributed by atoms with Gasteiger partial charge in [-0.15, -0.1) is 0 Å². The fourth-order valence-corrected chi connectivity index (χ4v) is 3.90. The third kappa shape index (κ3) is 3.99. The first-order valence-electron chi connectivity index (χ1n) is 10.2. The molecule has 1 amide bonds. The molecule has 0 saturated carbocycles. The van der Waals surface area contributed by atoms with Gasteiger partial charge in [0.25, 0.3) is 11.7 Å². The standard InChI is InChI=1S/C25H21NO8/c1-32-17-10-7-15(13-19(17)33-2)23(29)21-22(18-4-3-11-34-18)26(25(31)24(21)30)16-8-5-14(6-9-16)12-20(27)28/h3-11,13,22,29H,12H2,1-2H3,(H,27,28)/b23-21-. The summed E-state index contributed by atoms with van der Waals surface area (Å²) in [5.41, 5.74) is 0.988. The van der Waals surface area contributed by atoms with E-state index in [1.54, 1.807) is 48.5 Å². The highest BCUT2D eigenvalue weighted by Crippen LogP contribution is 2.43. The van der Waals surface area contributed by atoms with Crippen LogP contribution in [0, 0.1) is 0 Å². The van der Waals surface area contributed by atoms with Crippen LogP contribution in [0.2, 0.25) is 0 Å². The SMILES string of the molecule is COc1ccc(/C(O)=C2/C(=O)C(=O)N(c3ccc(CC(=O)O)cc3)C2c2ccco2)cc1OC. The molecule has 9 nitrogen and oxygen atoms in total. The minimum Gasteiger partial charge on any atom is -0.507 e. The number of ether oxygens (including phenoxy) is 2. The van der Waals surface area contributed by atoms with Gasteiger partial charge < -0.3 is 24.1 Å². The summed E-state index contributed by atoms with van der Waals surface area (Å²) >= 11 is 0. The molecule has 34 heavy (non-hydrogen) atoms. The molecule has 2 aromatic carbocycles. The van der Waals surface area contributed by atoms with Gasteiger partial charge in [-0.1, -0.05) is 12.1 Å². The van der Waals surface area contributed by atoms with Crippen LogP contribution in [0.25, 0.3) is 5.76 Å². The van der Waals surface area contributed by atoms with E-state index in [9.17, 15) is 19.5 Å². The molecule has 1 aliphatic heterocycles. The number of carboxylic acids is 1. The van der Waals surface area contributed by atoms with Gasteiger partial charge in [0.2, 0.25) is 0 Å². The number of carbonyl (C=O) groups excluding carboxylic acids is 2. The largest absolute Gasteiger partial charge is 0.507 e. The summed E-state index contributed by atoms with van der Waals surface area (Å²) in [5, 5.41) is 20.1. The predicted octanol–water partition coefficient (Wildman–Crippen LogP) is 3.55. The van der Waals surface area contributed by atoms with E-state index in [1.165, 1.54) is 31.4 Å². The Kier molecular flexibility index (Phi) is 6.09. The molecule has 0 spiro atoms. The maximum absolute atomic E-state index is 13.1. The van der Waals surface area contributed by atoms with Crippen molar-refractivity contribution in [2.75, 3.05) is 19.1 Å². The second kappa shape index (κ2) is 9.14. The molecule has 0 radical (unpaired) electrons. The van der Waals surface area contributed by atoms with Gasteiger partial charge in [-0.05, 0) is 48.0 Å². The van der Waals surface area contributed by atoms with E-state index in [4.69, 9.17) is 19.0 Å². The highest BCUT2D eigenvalue weighted by atomic mass is 16.5. The molecule has 9 heteroatoms. The zero-order valence-corrected chi connectivity index (χ0v) is 18.3. The summed E-state index contributed by atoms with van der Waals surface area (Å²) in [6.45, 7) is 0. The molecule has 2 N–H and O–H groups in total. The highest BCUT2D eigenvalue weighted by Gasteiger charge is 2.48. The lowest BCUT2D eigenvalue weighted by Gasteiger charge is -2.23. The van der Waals surface area contributed by atoms with Gasteiger partial charge in [0, 0.05) is 11.3 Å². The maximum atomic E-state index is 13.1. The first kappa shape index (κ1) is 22.7.